The molecule has 2 aliphatic rings. The molecular formula is C14H12N2O5S. The van der Waals surface area contributed by atoms with E-state index in [4.69, 9.17) is 4.74 Å². The van der Waals surface area contributed by atoms with E-state index in [0.29, 0.717) is 23.4 Å². The van der Waals surface area contributed by atoms with Gasteiger partial charge in [-0.3, -0.25) is 19.8 Å². The second-order valence-electron chi connectivity index (χ2n) is 4.84. The number of amides is 1. The first-order valence-electron chi connectivity index (χ1n) is 6.60. The van der Waals surface area contributed by atoms with Crippen LogP contribution in [0.4, 0.5) is 5.69 Å². The molecule has 114 valence electrons. The van der Waals surface area contributed by atoms with Gasteiger partial charge in [0, 0.05) is 17.9 Å². The molecule has 1 aromatic carbocycles. The summed E-state index contributed by atoms with van der Waals surface area (Å²) in [6.07, 6.45) is 2.15. The van der Waals surface area contributed by atoms with Crippen molar-refractivity contribution in [3.05, 3.63) is 51.7 Å². The largest absolute Gasteiger partial charge is 0.456 e. The molecule has 1 amide bonds. The molecule has 0 radical (unpaired) electrons. The fraction of sp³-hybridized carbons (Fsp3) is 0.286. The van der Waals surface area contributed by atoms with Crippen LogP contribution in [0.3, 0.4) is 0 Å². The molecule has 1 aromatic rings. The summed E-state index contributed by atoms with van der Waals surface area (Å²) < 4.78 is 5.19. The molecule has 2 aliphatic heterocycles. The molecule has 3 rings (SSSR count). The third-order valence-corrected chi connectivity index (χ3v) is 4.58. The first-order valence-corrected chi connectivity index (χ1v) is 7.65. The predicted molar refractivity (Wildman–Crippen MR) is 78.7 cm³/mol. The van der Waals surface area contributed by atoms with E-state index in [-0.39, 0.29) is 23.6 Å². The number of non-ortho nitro benzene ring substituents is 1. The van der Waals surface area contributed by atoms with Crippen LogP contribution >= 0.6 is 11.8 Å². The summed E-state index contributed by atoms with van der Waals surface area (Å²) in [7, 11) is 0. The molecule has 22 heavy (non-hydrogen) atoms. The minimum atomic E-state index is -0.545. The highest BCUT2D eigenvalue weighted by atomic mass is 32.2. The Kier molecular flexibility index (Phi) is 3.84. The van der Waals surface area contributed by atoms with Gasteiger partial charge in [0.05, 0.1) is 16.7 Å². The van der Waals surface area contributed by atoms with Crippen molar-refractivity contribution in [2.24, 2.45) is 0 Å². The van der Waals surface area contributed by atoms with Crippen molar-refractivity contribution in [3.63, 3.8) is 0 Å². The summed E-state index contributed by atoms with van der Waals surface area (Å²) in [5, 5.41) is 10.6. The predicted octanol–water partition coefficient (Wildman–Crippen LogP) is 1.83. The number of thioether (sulfide) groups is 1. The highest BCUT2D eigenvalue weighted by molar-refractivity contribution is 8.00. The van der Waals surface area contributed by atoms with E-state index in [9.17, 15) is 19.7 Å². The lowest BCUT2D eigenvalue weighted by atomic mass is 10.1. The van der Waals surface area contributed by atoms with Gasteiger partial charge in [0.15, 0.2) is 0 Å². The van der Waals surface area contributed by atoms with Gasteiger partial charge in [0.25, 0.3) is 5.69 Å². The first-order chi connectivity index (χ1) is 10.6. The van der Waals surface area contributed by atoms with Crippen molar-refractivity contribution < 1.29 is 19.2 Å². The van der Waals surface area contributed by atoms with Crippen LogP contribution in [0.15, 0.2) is 36.0 Å². The first kappa shape index (κ1) is 14.6. The van der Waals surface area contributed by atoms with Gasteiger partial charge >= 0.3 is 5.97 Å². The number of rotatable bonds is 4. The molecule has 2 heterocycles. The van der Waals surface area contributed by atoms with E-state index in [1.54, 1.807) is 17.8 Å². The lowest BCUT2D eigenvalue weighted by Gasteiger charge is -2.42. The van der Waals surface area contributed by atoms with Crippen molar-refractivity contribution in [1.82, 2.24) is 4.90 Å². The fourth-order valence-electron chi connectivity index (χ4n) is 2.26. The average molecular weight is 320 g/mol. The van der Waals surface area contributed by atoms with Crippen LogP contribution in [-0.2, 0) is 20.9 Å². The Balaban J connectivity index is 1.61. The van der Waals surface area contributed by atoms with Crippen LogP contribution in [0.5, 0.6) is 0 Å². The van der Waals surface area contributed by atoms with E-state index in [2.05, 4.69) is 0 Å². The number of hydrogen-bond acceptors (Lipinski definition) is 6. The van der Waals surface area contributed by atoms with Crippen molar-refractivity contribution >= 4 is 29.3 Å². The van der Waals surface area contributed by atoms with Gasteiger partial charge < -0.3 is 4.74 Å². The third kappa shape index (κ3) is 2.69. The molecule has 8 heteroatoms. The molecule has 0 spiro atoms. The van der Waals surface area contributed by atoms with Gasteiger partial charge in [0.2, 0.25) is 5.91 Å². The summed E-state index contributed by atoms with van der Waals surface area (Å²) in [5.41, 5.74) is 0.925. The number of nitro groups is 1. The Morgan fingerprint density at radius 3 is 2.77 bits per heavy atom. The van der Waals surface area contributed by atoms with E-state index >= 15 is 0 Å². The number of esters is 1. The van der Waals surface area contributed by atoms with Gasteiger partial charge in [0.1, 0.15) is 12.3 Å². The summed E-state index contributed by atoms with van der Waals surface area (Å²) in [4.78, 5) is 35.2. The number of carbonyl (C=O) groups is 2. The summed E-state index contributed by atoms with van der Waals surface area (Å²) >= 11 is 1.61. The topological polar surface area (TPSA) is 89.7 Å². The smallest absolute Gasteiger partial charge is 0.355 e. The number of carbonyl (C=O) groups excluding carboxylic acids is 2. The lowest BCUT2D eigenvalue weighted by molar-refractivity contribution is -0.384. The number of nitrogens with zero attached hydrogens (tertiary/aromatic N) is 2. The van der Waals surface area contributed by atoms with Crippen LogP contribution in [-0.4, -0.2) is 32.8 Å². The Hall–Kier alpha value is -2.35. The molecule has 1 fully saturated rings. The number of fused-ring (bicyclic) bond motifs is 1. The van der Waals surface area contributed by atoms with Gasteiger partial charge in [-0.1, -0.05) is 0 Å². The van der Waals surface area contributed by atoms with Gasteiger partial charge in [-0.2, -0.15) is 0 Å². The Bertz CT molecular complexity index is 670. The number of hydrogen-bond donors (Lipinski definition) is 0. The van der Waals surface area contributed by atoms with Crippen LogP contribution in [0, 0.1) is 10.1 Å². The molecule has 0 unspecified atom stereocenters. The SMILES string of the molecule is O=C(OCc1ccc([N+](=O)[O-])cc1)C1=CCS[C@@H]2CC(=O)N12. The second kappa shape index (κ2) is 5.80. The van der Waals surface area contributed by atoms with Gasteiger partial charge in [-0.15, -0.1) is 11.8 Å². The Morgan fingerprint density at radius 1 is 1.41 bits per heavy atom. The second-order valence-corrected chi connectivity index (χ2v) is 6.06. The van der Waals surface area contributed by atoms with E-state index in [1.165, 1.54) is 29.2 Å². The quantitative estimate of drug-likeness (QED) is 0.364. The summed E-state index contributed by atoms with van der Waals surface area (Å²) in [6.45, 7) is 0.00794. The normalized spacial score (nSPS) is 19.8. The lowest BCUT2D eigenvalue weighted by Crippen LogP contribution is -2.53. The van der Waals surface area contributed by atoms with Gasteiger partial charge in [-0.05, 0) is 23.8 Å². The highest BCUT2D eigenvalue weighted by Crippen LogP contribution is 2.37. The maximum Gasteiger partial charge on any atom is 0.355 e. The van der Waals surface area contributed by atoms with E-state index in [0.717, 1.165) is 0 Å². The number of benzene rings is 1. The molecule has 0 saturated carbocycles. The monoisotopic (exact) mass is 320 g/mol. The maximum atomic E-state index is 12.1. The summed E-state index contributed by atoms with van der Waals surface area (Å²) in [6, 6.07) is 5.78. The molecular weight excluding hydrogens is 308 g/mol. The minimum Gasteiger partial charge on any atom is -0.456 e. The van der Waals surface area contributed by atoms with Crippen molar-refractivity contribution in [1.29, 1.82) is 0 Å². The summed E-state index contributed by atoms with van der Waals surface area (Å²) in [5.74, 6) is 0.0589. The molecule has 1 atom stereocenters. The number of ether oxygens (including phenoxy) is 1. The number of β-lactam (4-membered cyclic amide) rings is 1. The van der Waals surface area contributed by atoms with E-state index < -0.39 is 10.9 Å². The fourth-order valence-corrected chi connectivity index (χ4v) is 3.38. The standard InChI is InChI=1S/C14H12N2O5S/c17-12-7-13-15(12)11(5-6-22-13)14(18)21-8-9-1-3-10(4-2-9)16(19)20/h1-5,13H,6-8H2/t13-/m1/s1. The zero-order valence-corrected chi connectivity index (χ0v) is 12.2. The van der Waals surface area contributed by atoms with Crippen molar-refractivity contribution in [2.75, 3.05) is 5.75 Å². The highest BCUT2D eigenvalue weighted by Gasteiger charge is 2.43. The Labute approximate surface area is 130 Å². The Morgan fingerprint density at radius 2 is 2.14 bits per heavy atom. The van der Waals surface area contributed by atoms with Crippen molar-refractivity contribution in [2.45, 2.75) is 18.4 Å². The average Bonchev–Trinajstić information content (AvgIpc) is 2.51. The molecule has 0 bridgehead atoms. The van der Waals surface area contributed by atoms with Crippen LogP contribution < -0.4 is 0 Å². The van der Waals surface area contributed by atoms with Crippen LogP contribution in [0.25, 0.3) is 0 Å². The zero-order chi connectivity index (χ0) is 15.7. The molecule has 0 aromatic heterocycles. The van der Waals surface area contributed by atoms with Crippen LogP contribution in [0.1, 0.15) is 12.0 Å². The minimum absolute atomic E-state index is 0.00794. The van der Waals surface area contributed by atoms with Crippen LogP contribution in [0.2, 0.25) is 0 Å². The van der Waals surface area contributed by atoms with Gasteiger partial charge in [-0.25, -0.2) is 4.79 Å². The third-order valence-electron chi connectivity index (χ3n) is 3.46. The van der Waals surface area contributed by atoms with Crippen molar-refractivity contribution in [3.8, 4) is 0 Å². The van der Waals surface area contributed by atoms with E-state index in [1.807, 2.05) is 0 Å². The molecule has 0 N–H and O–H groups in total. The molecule has 7 nitrogen and oxygen atoms in total. The molecule has 0 aliphatic carbocycles. The maximum absolute atomic E-state index is 12.1. The zero-order valence-electron chi connectivity index (χ0n) is 11.4. The molecule has 1 saturated heterocycles. The number of nitro benzene ring substituents is 1.